The third-order valence-corrected chi connectivity index (χ3v) is 6.25. The molecule has 1 fully saturated rings. The second-order valence-corrected chi connectivity index (χ2v) is 8.69. The van der Waals surface area contributed by atoms with Gasteiger partial charge in [0.2, 0.25) is 5.91 Å². The van der Waals surface area contributed by atoms with Gasteiger partial charge >= 0.3 is 6.18 Å². The Morgan fingerprint density at radius 3 is 2.59 bits per heavy atom. The standard InChI is InChI=1S/C23H20F3N3O4S/c24-23(25,26)16-12-15(27-21(31)18-5-2-10-33-18)7-8-17(16)28-20(30)14-4-1-9-29(13-14)22(32)19-6-3-11-34-19/h2-3,5-8,10-12,14H,1,4,9,13H2,(H,27,31)(H,28,30). The van der Waals surface area contributed by atoms with Crippen molar-refractivity contribution < 1.29 is 32.0 Å². The number of anilines is 2. The minimum absolute atomic E-state index is 0.0510. The van der Waals surface area contributed by atoms with Crippen LogP contribution in [-0.2, 0) is 11.0 Å². The van der Waals surface area contributed by atoms with Crippen LogP contribution >= 0.6 is 11.3 Å². The topological polar surface area (TPSA) is 91.7 Å². The molecule has 1 aromatic carbocycles. The molecule has 1 aliphatic heterocycles. The van der Waals surface area contributed by atoms with Crippen LogP contribution in [0, 0.1) is 5.92 Å². The smallest absolute Gasteiger partial charge is 0.418 e. The number of piperidine rings is 1. The van der Waals surface area contributed by atoms with Crippen molar-refractivity contribution in [3.63, 3.8) is 0 Å². The second kappa shape index (κ2) is 9.72. The van der Waals surface area contributed by atoms with Gasteiger partial charge in [-0.25, -0.2) is 0 Å². The van der Waals surface area contributed by atoms with Crippen LogP contribution in [0.15, 0.2) is 58.5 Å². The molecule has 2 aromatic heterocycles. The molecule has 1 saturated heterocycles. The third kappa shape index (κ3) is 5.30. The van der Waals surface area contributed by atoms with E-state index in [1.807, 2.05) is 0 Å². The van der Waals surface area contributed by atoms with Crippen molar-refractivity contribution in [3.8, 4) is 0 Å². The summed E-state index contributed by atoms with van der Waals surface area (Å²) in [5, 5.41) is 6.49. The number of carbonyl (C=O) groups is 3. The number of halogens is 3. The molecule has 0 radical (unpaired) electrons. The maximum absolute atomic E-state index is 13.7. The SMILES string of the molecule is O=C(Nc1ccc(NC(=O)C2CCCN(C(=O)c3cccs3)C2)c(C(F)(F)F)c1)c1ccco1. The number of hydrogen-bond donors (Lipinski definition) is 2. The number of furan rings is 1. The van der Waals surface area contributed by atoms with E-state index in [1.165, 1.54) is 35.8 Å². The zero-order valence-electron chi connectivity index (χ0n) is 17.7. The van der Waals surface area contributed by atoms with E-state index >= 15 is 0 Å². The minimum atomic E-state index is -4.78. The molecular weight excluding hydrogens is 471 g/mol. The Morgan fingerprint density at radius 2 is 1.91 bits per heavy atom. The molecule has 178 valence electrons. The lowest BCUT2D eigenvalue weighted by molar-refractivity contribution is -0.137. The molecule has 0 spiro atoms. The van der Waals surface area contributed by atoms with Crippen molar-refractivity contribution in [1.82, 2.24) is 4.90 Å². The van der Waals surface area contributed by atoms with Gasteiger partial charge in [-0.1, -0.05) is 6.07 Å². The molecule has 0 aliphatic carbocycles. The van der Waals surface area contributed by atoms with Crippen LogP contribution in [0.2, 0.25) is 0 Å². The molecule has 0 saturated carbocycles. The van der Waals surface area contributed by atoms with Gasteiger partial charge in [0.25, 0.3) is 11.8 Å². The maximum atomic E-state index is 13.7. The normalized spacial score (nSPS) is 16.2. The molecule has 7 nitrogen and oxygen atoms in total. The first-order chi connectivity index (χ1) is 16.2. The first-order valence-electron chi connectivity index (χ1n) is 10.4. The van der Waals surface area contributed by atoms with E-state index in [-0.39, 0.29) is 23.9 Å². The minimum Gasteiger partial charge on any atom is -0.459 e. The lowest BCUT2D eigenvalue weighted by Gasteiger charge is -2.32. The molecule has 1 atom stereocenters. The number of nitrogens with one attached hydrogen (secondary N) is 2. The van der Waals surface area contributed by atoms with Gasteiger partial charge < -0.3 is 20.0 Å². The Labute approximate surface area is 196 Å². The summed E-state index contributed by atoms with van der Waals surface area (Å²) in [6.45, 7) is 0.611. The Morgan fingerprint density at radius 1 is 1.09 bits per heavy atom. The number of alkyl halides is 3. The van der Waals surface area contributed by atoms with Crippen LogP contribution in [0.4, 0.5) is 24.5 Å². The molecule has 3 heterocycles. The average molecular weight is 491 g/mol. The van der Waals surface area contributed by atoms with Gasteiger partial charge in [0, 0.05) is 18.8 Å². The van der Waals surface area contributed by atoms with Crippen LogP contribution in [0.3, 0.4) is 0 Å². The van der Waals surface area contributed by atoms with E-state index in [4.69, 9.17) is 4.42 Å². The third-order valence-electron chi connectivity index (χ3n) is 5.40. The molecule has 3 aromatic rings. The van der Waals surface area contributed by atoms with Gasteiger partial charge in [0.05, 0.1) is 28.3 Å². The highest BCUT2D eigenvalue weighted by Gasteiger charge is 2.36. The highest BCUT2D eigenvalue weighted by atomic mass is 32.1. The fourth-order valence-electron chi connectivity index (χ4n) is 3.73. The van der Waals surface area contributed by atoms with Crippen molar-refractivity contribution in [2.45, 2.75) is 19.0 Å². The van der Waals surface area contributed by atoms with E-state index < -0.39 is 35.2 Å². The number of rotatable bonds is 5. The molecule has 0 bridgehead atoms. The summed E-state index contributed by atoms with van der Waals surface area (Å²) in [5.41, 5.74) is -1.62. The summed E-state index contributed by atoms with van der Waals surface area (Å²) in [5.74, 6) is -2.18. The van der Waals surface area contributed by atoms with Crippen LogP contribution in [-0.4, -0.2) is 35.7 Å². The number of thiophene rings is 1. The van der Waals surface area contributed by atoms with Crippen LogP contribution in [0.25, 0.3) is 0 Å². The van der Waals surface area contributed by atoms with Crippen molar-refractivity contribution in [1.29, 1.82) is 0 Å². The molecule has 1 unspecified atom stereocenters. The molecule has 34 heavy (non-hydrogen) atoms. The molecular formula is C23H20F3N3O4S. The van der Waals surface area contributed by atoms with Gasteiger partial charge in [0.1, 0.15) is 0 Å². The highest BCUT2D eigenvalue weighted by Crippen LogP contribution is 2.37. The predicted molar refractivity (Wildman–Crippen MR) is 120 cm³/mol. The number of carbonyl (C=O) groups excluding carboxylic acids is 3. The Hall–Kier alpha value is -3.60. The van der Waals surface area contributed by atoms with Crippen molar-refractivity contribution >= 4 is 40.4 Å². The lowest BCUT2D eigenvalue weighted by atomic mass is 9.96. The van der Waals surface area contributed by atoms with E-state index in [0.29, 0.717) is 24.3 Å². The summed E-state index contributed by atoms with van der Waals surface area (Å²) in [6, 6.07) is 9.42. The van der Waals surface area contributed by atoms with Gasteiger partial charge in [-0.2, -0.15) is 13.2 Å². The number of hydrogen-bond acceptors (Lipinski definition) is 5. The molecule has 2 N–H and O–H groups in total. The summed E-state index contributed by atoms with van der Waals surface area (Å²) in [4.78, 5) is 39.6. The van der Waals surface area contributed by atoms with Crippen LogP contribution in [0.5, 0.6) is 0 Å². The Kier molecular flexibility index (Phi) is 6.73. The van der Waals surface area contributed by atoms with E-state index in [9.17, 15) is 27.6 Å². The van der Waals surface area contributed by atoms with E-state index in [1.54, 1.807) is 22.4 Å². The van der Waals surface area contributed by atoms with Crippen molar-refractivity contribution in [2.75, 3.05) is 23.7 Å². The lowest BCUT2D eigenvalue weighted by Crippen LogP contribution is -2.43. The van der Waals surface area contributed by atoms with E-state index in [2.05, 4.69) is 10.6 Å². The average Bonchev–Trinajstić information content (AvgIpc) is 3.53. The largest absolute Gasteiger partial charge is 0.459 e. The number of nitrogens with zero attached hydrogens (tertiary/aromatic N) is 1. The predicted octanol–water partition coefficient (Wildman–Crippen LogP) is 5.10. The molecule has 4 rings (SSSR count). The number of likely N-dealkylation sites (tertiary alicyclic amines) is 1. The monoisotopic (exact) mass is 491 g/mol. The second-order valence-electron chi connectivity index (χ2n) is 7.75. The van der Waals surface area contributed by atoms with E-state index in [0.717, 1.165) is 12.1 Å². The first kappa shape index (κ1) is 23.6. The zero-order chi connectivity index (χ0) is 24.3. The summed E-state index contributed by atoms with van der Waals surface area (Å²) in [6.07, 6.45) is -2.48. The highest BCUT2D eigenvalue weighted by molar-refractivity contribution is 7.12. The van der Waals surface area contributed by atoms with Crippen LogP contribution < -0.4 is 10.6 Å². The summed E-state index contributed by atoms with van der Waals surface area (Å²) in [7, 11) is 0. The Balaban J connectivity index is 1.48. The molecule has 11 heteroatoms. The van der Waals surface area contributed by atoms with Gasteiger partial charge in [-0.15, -0.1) is 11.3 Å². The fourth-order valence-corrected chi connectivity index (χ4v) is 4.42. The summed E-state index contributed by atoms with van der Waals surface area (Å²) < 4.78 is 46.1. The quantitative estimate of drug-likeness (QED) is 0.519. The number of benzene rings is 1. The molecule has 3 amide bonds. The first-order valence-corrected chi connectivity index (χ1v) is 11.3. The number of amides is 3. The Bertz CT molecular complexity index is 1180. The van der Waals surface area contributed by atoms with Crippen molar-refractivity contribution in [2.24, 2.45) is 5.92 Å². The zero-order valence-corrected chi connectivity index (χ0v) is 18.5. The van der Waals surface area contributed by atoms with Gasteiger partial charge in [0.15, 0.2) is 5.76 Å². The van der Waals surface area contributed by atoms with Crippen molar-refractivity contribution in [3.05, 3.63) is 70.3 Å². The van der Waals surface area contributed by atoms with Crippen LogP contribution in [0.1, 0.15) is 38.6 Å². The fraction of sp³-hybridized carbons (Fsp3) is 0.261. The summed E-state index contributed by atoms with van der Waals surface area (Å²) >= 11 is 1.29. The van der Waals surface area contributed by atoms with Gasteiger partial charge in [-0.05, 0) is 54.6 Å². The molecule has 1 aliphatic rings. The maximum Gasteiger partial charge on any atom is 0.418 e. The van der Waals surface area contributed by atoms with Gasteiger partial charge in [-0.3, -0.25) is 14.4 Å².